The number of benzene rings is 3. The number of hydrogen-bond donors (Lipinski definition) is 2. The largest absolute Gasteiger partial charge is 0.384 e. The summed E-state index contributed by atoms with van der Waals surface area (Å²) < 4.78 is 0. The molecule has 1 aliphatic heterocycles. The van der Waals surface area contributed by atoms with Gasteiger partial charge in [0.1, 0.15) is 5.82 Å². The predicted octanol–water partition coefficient (Wildman–Crippen LogP) is 4.86. The minimum absolute atomic E-state index is 0.0979. The average molecular weight is 337 g/mol. The van der Waals surface area contributed by atoms with Gasteiger partial charge in [-0.15, -0.1) is 0 Å². The Bertz CT molecular complexity index is 1130. The minimum Gasteiger partial charge on any atom is -0.384 e. The number of anilines is 1. The van der Waals surface area contributed by atoms with E-state index in [-0.39, 0.29) is 6.04 Å². The number of allylic oxidation sites excluding steroid dienone is 4. The Kier molecular flexibility index (Phi) is 3.32. The van der Waals surface area contributed by atoms with Crippen LogP contribution in [0.4, 0.5) is 5.69 Å². The van der Waals surface area contributed by atoms with Crippen LogP contribution in [0.2, 0.25) is 0 Å². The summed E-state index contributed by atoms with van der Waals surface area (Å²) in [5.41, 5.74) is 12.1. The highest BCUT2D eigenvalue weighted by Gasteiger charge is 2.24. The van der Waals surface area contributed by atoms with Crippen LogP contribution >= 0.6 is 0 Å². The average Bonchev–Trinajstić information content (AvgIpc) is 2.69. The van der Waals surface area contributed by atoms with Gasteiger partial charge in [-0.2, -0.15) is 0 Å². The second-order valence-corrected chi connectivity index (χ2v) is 6.65. The molecule has 1 aliphatic carbocycles. The van der Waals surface area contributed by atoms with Crippen molar-refractivity contribution in [2.75, 3.05) is 5.43 Å². The Labute approximate surface area is 152 Å². The van der Waals surface area contributed by atoms with Gasteiger partial charge in [-0.3, -0.25) is 10.4 Å². The minimum atomic E-state index is 0.0979. The maximum atomic E-state index is 6.29. The molecule has 0 radical (unpaired) electrons. The highest BCUT2D eigenvalue weighted by Crippen LogP contribution is 2.31. The van der Waals surface area contributed by atoms with Gasteiger partial charge in [-0.05, 0) is 46.0 Å². The molecule has 2 aliphatic rings. The monoisotopic (exact) mass is 337 g/mol. The first-order chi connectivity index (χ1) is 12.8. The fourth-order valence-electron chi connectivity index (χ4n) is 3.69. The molecule has 3 aromatic rings. The van der Waals surface area contributed by atoms with Crippen LogP contribution in [0.15, 0.2) is 102 Å². The maximum absolute atomic E-state index is 6.29. The van der Waals surface area contributed by atoms with E-state index in [9.17, 15) is 0 Å². The first-order valence-corrected chi connectivity index (χ1v) is 8.79. The lowest BCUT2D eigenvalue weighted by atomic mass is 9.98. The summed E-state index contributed by atoms with van der Waals surface area (Å²) >= 11 is 0. The molecule has 0 fully saturated rings. The number of nitrogens with zero attached hydrogens (tertiary/aromatic N) is 1. The third-order valence-electron chi connectivity index (χ3n) is 5.03. The topological polar surface area (TPSA) is 41.3 Å². The highest BCUT2D eigenvalue weighted by molar-refractivity contribution is 6.03. The number of nitrogens with two attached hydrogens (primary N) is 1. The second-order valence-electron chi connectivity index (χ2n) is 6.65. The summed E-state index contributed by atoms with van der Waals surface area (Å²) in [4.78, 5) is 0. The van der Waals surface area contributed by atoms with Gasteiger partial charge in [-0.25, -0.2) is 0 Å². The summed E-state index contributed by atoms with van der Waals surface area (Å²) in [6, 6.07) is 19.4. The summed E-state index contributed by atoms with van der Waals surface area (Å²) in [7, 11) is 0. The van der Waals surface area contributed by atoms with Gasteiger partial charge in [0, 0.05) is 5.39 Å². The first kappa shape index (κ1) is 14.8. The van der Waals surface area contributed by atoms with Crippen molar-refractivity contribution in [2.24, 2.45) is 5.73 Å². The van der Waals surface area contributed by atoms with Crippen LogP contribution < -0.4 is 11.2 Å². The zero-order valence-corrected chi connectivity index (χ0v) is 14.3. The molecule has 1 atom stereocenters. The van der Waals surface area contributed by atoms with Gasteiger partial charge in [0.25, 0.3) is 0 Å². The van der Waals surface area contributed by atoms with E-state index in [1.807, 2.05) is 11.1 Å². The molecule has 1 heterocycles. The fraction of sp³-hybridized carbons (Fsp3) is 0.0435. The zero-order valence-electron chi connectivity index (χ0n) is 14.3. The Balaban J connectivity index is 1.60. The highest BCUT2D eigenvalue weighted by atomic mass is 15.5. The molecule has 3 N–H and O–H groups in total. The van der Waals surface area contributed by atoms with Gasteiger partial charge < -0.3 is 5.73 Å². The molecule has 0 saturated heterocycles. The first-order valence-electron chi connectivity index (χ1n) is 8.79. The van der Waals surface area contributed by atoms with E-state index in [4.69, 9.17) is 5.73 Å². The van der Waals surface area contributed by atoms with Crippen LogP contribution in [0, 0.1) is 0 Å². The van der Waals surface area contributed by atoms with Crippen molar-refractivity contribution < 1.29 is 0 Å². The summed E-state index contributed by atoms with van der Waals surface area (Å²) in [6.07, 6.45) is 12.4. The molecule has 0 spiro atoms. The standard InChI is InChI=1S/C23H19N3/c24-23-13-12-16-6-3-4-11-22(16)26(23)25-21-10-5-9-19-14-17-7-1-2-8-18(17)15-20(19)21/h1-15,22,25H,24H2. The van der Waals surface area contributed by atoms with Crippen molar-refractivity contribution in [3.63, 3.8) is 0 Å². The van der Waals surface area contributed by atoms with Crippen molar-refractivity contribution in [1.29, 1.82) is 0 Å². The zero-order chi connectivity index (χ0) is 17.5. The third kappa shape index (κ3) is 2.37. The summed E-state index contributed by atoms with van der Waals surface area (Å²) in [6.45, 7) is 0. The van der Waals surface area contributed by atoms with Crippen molar-refractivity contribution in [3.8, 4) is 0 Å². The van der Waals surface area contributed by atoms with Crippen molar-refractivity contribution in [2.45, 2.75) is 6.04 Å². The normalized spacial score (nSPS) is 18.6. The van der Waals surface area contributed by atoms with Crippen LogP contribution in [-0.2, 0) is 0 Å². The number of fused-ring (bicyclic) bond motifs is 3. The molecule has 1 unspecified atom stereocenters. The van der Waals surface area contributed by atoms with E-state index < -0.39 is 0 Å². The second kappa shape index (κ2) is 5.81. The smallest absolute Gasteiger partial charge is 0.118 e. The molecule has 3 nitrogen and oxygen atoms in total. The van der Waals surface area contributed by atoms with Crippen LogP contribution in [0.25, 0.3) is 21.5 Å². The molecule has 3 heteroatoms. The number of hydrazine groups is 1. The predicted molar refractivity (Wildman–Crippen MR) is 109 cm³/mol. The van der Waals surface area contributed by atoms with E-state index in [2.05, 4.69) is 90.4 Å². The van der Waals surface area contributed by atoms with Crippen molar-refractivity contribution in [3.05, 3.63) is 102 Å². The summed E-state index contributed by atoms with van der Waals surface area (Å²) in [5, 5.41) is 6.91. The fourth-order valence-corrected chi connectivity index (χ4v) is 3.69. The third-order valence-corrected chi connectivity index (χ3v) is 5.03. The Morgan fingerprint density at radius 1 is 0.846 bits per heavy atom. The Morgan fingerprint density at radius 3 is 2.54 bits per heavy atom. The van der Waals surface area contributed by atoms with Gasteiger partial charge in [0.05, 0.1) is 11.7 Å². The van der Waals surface area contributed by atoms with E-state index in [1.54, 1.807) is 0 Å². The van der Waals surface area contributed by atoms with Crippen LogP contribution in [0.1, 0.15) is 0 Å². The number of hydrogen-bond acceptors (Lipinski definition) is 3. The van der Waals surface area contributed by atoms with Crippen LogP contribution in [0.3, 0.4) is 0 Å². The van der Waals surface area contributed by atoms with Gasteiger partial charge in [-0.1, -0.05) is 66.8 Å². The number of rotatable bonds is 2. The molecule has 0 saturated carbocycles. The molecular weight excluding hydrogens is 318 g/mol. The Morgan fingerprint density at radius 2 is 1.65 bits per heavy atom. The molecule has 26 heavy (non-hydrogen) atoms. The van der Waals surface area contributed by atoms with Crippen molar-refractivity contribution >= 4 is 27.2 Å². The molecule has 0 amide bonds. The molecule has 5 rings (SSSR count). The van der Waals surface area contributed by atoms with Crippen LogP contribution in [-0.4, -0.2) is 11.1 Å². The summed E-state index contributed by atoms with van der Waals surface area (Å²) in [5.74, 6) is 0.705. The molecule has 126 valence electrons. The van der Waals surface area contributed by atoms with Crippen LogP contribution in [0.5, 0.6) is 0 Å². The lowest BCUT2D eigenvalue weighted by molar-refractivity contribution is 0.375. The SMILES string of the molecule is NC1=CC=C2C=CC=CC2N1Nc1cccc2cc3ccccc3cc12. The van der Waals surface area contributed by atoms with E-state index in [0.29, 0.717) is 5.82 Å². The van der Waals surface area contributed by atoms with Crippen molar-refractivity contribution in [1.82, 2.24) is 5.01 Å². The maximum Gasteiger partial charge on any atom is 0.118 e. The van der Waals surface area contributed by atoms with E-state index in [1.165, 1.54) is 27.1 Å². The Hall–Kier alpha value is -3.46. The van der Waals surface area contributed by atoms with Gasteiger partial charge in [0.2, 0.25) is 0 Å². The van der Waals surface area contributed by atoms with E-state index >= 15 is 0 Å². The molecule has 0 aromatic heterocycles. The molecule has 0 bridgehead atoms. The lowest BCUT2D eigenvalue weighted by Crippen LogP contribution is -2.43. The molecular formula is C23H19N3. The molecule has 3 aromatic carbocycles. The number of nitrogens with one attached hydrogen (secondary N) is 1. The van der Waals surface area contributed by atoms with Gasteiger partial charge >= 0.3 is 0 Å². The lowest BCUT2D eigenvalue weighted by Gasteiger charge is -2.36. The van der Waals surface area contributed by atoms with E-state index in [0.717, 1.165) is 5.69 Å². The quantitative estimate of drug-likeness (QED) is 0.656. The van der Waals surface area contributed by atoms with Gasteiger partial charge in [0.15, 0.2) is 0 Å².